The van der Waals surface area contributed by atoms with E-state index in [0.29, 0.717) is 0 Å². The van der Waals surface area contributed by atoms with Crippen LogP contribution in [0.1, 0.15) is 11.1 Å². The van der Waals surface area contributed by atoms with Crippen LogP contribution in [0.4, 0.5) is 0 Å². The van der Waals surface area contributed by atoms with Crippen LogP contribution in [0.3, 0.4) is 0 Å². The fourth-order valence-electron chi connectivity index (χ4n) is 3.14. The molecule has 2 aromatic heterocycles. The van der Waals surface area contributed by atoms with Crippen LogP contribution in [0, 0.1) is 0 Å². The zero-order valence-electron chi connectivity index (χ0n) is 10.1. The van der Waals surface area contributed by atoms with Crippen molar-refractivity contribution < 1.29 is 0 Å². The highest BCUT2D eigenvalue weighted by molar-refractivity contribution is 7.26. The lowest BCUT2D eigenvalue weighted by molar-refractivity contribution is 1.24. The largest absolute Gasteiger partial charge is 0.142 e. The summed E-state index contributed by atoms with van der Waals surface area (Å²) < 4.78 is 1.42. The molecular formula is C17H10S2. The summed E-state index contributed by atoms with van der Waals surface area (Å²) in [7, 11) is 0. The maximum atomic E-state index is 2.30. The Hall–Kier alpha value is -1.64. The van der Waals surface area contributed by atoms with Gasteiger partial charge in [-0.25, -0.2) is 0 Å². The Morgan fingerprint density at radius 1 is 0.895 bits per heavy atom. The summed E-state index contributed by atoms with van der Waals surface area (Å²) in [4.78, 5) is 2.98. The molecule has 4 aromatic rings. The topological polar surface area (TPSA) is 0 Å². The zero-order chi connectivity index (χ0) is 12.4. The lowest BCUT2D eigenvalue weighted by Gasteiger charge is -2.13. The van der Waals surface area contributed by atoms with E-state index < -0.39 is 0 Å². The molecule has 0 spiro atoms. The average Bonchev–Trinajstić information content (AvgIpc) is 3.02. The van der Waals surface area contributed by atoms with Gasteiger partial charge in [0.05, 0.1) is 4.88 Å². The van der Waals surface area contributed by atoms with E-state index in [-0.39, 0.29) is 0 Å². The van der Waals surface area contributed by atoms with Gasteiger partial charge in [0.25, 0.3) is 0 Å². The smallest absolute Gasteiger partial charge is 0.0527 e. The van der Waals surface area contributed by atoms with Crippen LogP contribution in [0.5, 0.6) is 0 Å². The lowest BCUT2D eigenvalue weighted by Crippen LogP contribution is -1.95. The molecule has 0 N–H and O–H groups in total. The third kappa shape index (κ3) is 1.23. The minimum atomic E-state index is 1.08. The fraction of sp³-hybridized carbons (Fsp3) is 0.0588. The van der Waals surface area contributed by atoms with Crippen molar-refractivity contribution in [2.24, 2.45) is 0 Å². The second-order valence-electron chi connectivity index (χ2n) is 5.03. The first-order valence-electron chi connectivity index (χ1n) is 6.42. The Morgan fingerprint density at radius 2 is 1.84 bits per heavy atom. The standard InChI is InChI=1S/C17H10S2/c1-2-7-14-12(6-1)13-8-10-4-3-5-11-9-18-17(15(10)11)16(13)19-14/h1-7,9H,8H2. The Morgan fingerprint density at radius 3 is 2.84 bits per heavy atom. The van der Waals surface area contributed by atoms with Crippen molar-refractivity contribution in [1.29, 1.82) is 0 Å². The number of fused-ring (bicyclic) bond motifs is 4. The first-order chi connectivity index (χ1) is 9.42. The number of benzene rings is 2. The first kappa shape index (κ1) is 10.2. The molecule has 0 atom stereocenters. The fourth-order valence-corrected chi connectivity index (χ4v) is 5.61. The third-order valence-corrected chi connectivity index (χ3v) is 6.36. The number of thiophene rings is 2. The van der Waals surface area contributed by atoms with E-state index in [1.807, 2.05) is 22.7 Å². The van der Waals surface area contributed by atoms with E-state index in [1.54, 1.807) is 0 Å². The van der Waals surface area contributed by atoms with Crippen molar-refractivity contribution in [2.45, 2.75) is 6.42 Å². The molecule has 19 heavy (non-hydrogen) atoms. The molecule has 2 aromatic carbocycles. The van der Waals surface area contributed by atoms with Crippen LogP contribution in [-0.4, -0.2) is 0 Å². The molecule has 0 nitrogen and oxygen atoms in total. The van der Waals surface area contributed by atoms with Crippen LogP contribution in [-0.2, 0) is 6.42 Å². The highest BCUT2D eigenvalue weighted by atomic mass is 32.1. The number of hydrogen-bond acceptors (Lipinski definition) is 2. The van der Waals surface area contributed by atoms with Crippen molar-refractivity contribution >= 4 is 43.5 Å². The minimum absolute atomic E-state index is 1.08. The van der Waals surface area contributed by atoms with E-state index in [0.717, 1.165) is 6.42 Å². The highest BCUT2D eigenvalue weighted by Gasteiger charge is 2.23. The normalized spacial score (nSPS) is 13.1. The second kappa shape index (κ2) is 3.47. The molecule has 0 radical (unpaired) electrons. The van der Waals surface area contributed by atoms with Gasteiger partial charge in [-0.1, -0.05) is 36.4 Å². The van der Waals surface area contributed by atoms with E-state index >= 15 is 0 Å². The maximum Gasteiger partial charge on any atom is 0.0527 e. The first-order valence-corrected chi connectivity index (χ1v) is 8.11. The van der Waals surface area contributed by atoms with E-state index in [4.69, 9.17) is 0 Å². The average molecular weight is 278 g/mol. The molecule has 0 bridgehead atoms. The second-order valence-corrected chi connectivity index (χ2v) is 6.96. The van der Waals surface area contributed by atoms with Crippen LogP contribution < -0.4 is 0 Å². The van der Waals surface area contributed by atoms with Gasteiger partial charge in [-0.3, -0.25) is 0 Å². The van der Waals surface area contributed by atoms with E-state index in [1.165, 1.54) is 41.7 Å². The van der Waals surface area contributed by atoms with Gasteiger partial charge in [0.1, 0.15) is 0 Å². The van der Waals surface area contributed by atoms with Crippen LogP contribution in [0.2, 0.25) is 0 Å². The van der Waals surface area contributed by atoms with Crippen LogP contribution in [0.25, 0.3) is 30.6 Å². The Balaban J connectivity index is 1.99. The zero-order valence-corrected chi connectivity index (χ0v) is 11.8. The van der Waals surface area contributed by atoms with Crippen molar-refractivity contribution in [2.75, 3.05) is 0 Å². The van der Waals surface area contributed by atoms with Gasteiger partial charge in [-0.05, 0) is 33.3 Å². The van der Waals surface area contributed by atoms with Gasteiger partial charge in [-0.2, -0.15) is 0 Å². The van der Waals surface area contributed by atoms with Crippen LogP contribution >= 0.6 is 22.7 Å². The summed E-state index contributed by atoms with van der Waals surface area (Å²) in [5, 5.41) is 6.64. The SMILES string of the molecule is c1cc2c3c(scc3c1)-c1sc3ccccc3c1C2. The molecule has 0 aliphatic heterocycles. The minimum Gasteiger partial charge on any atom is -0.142 e. The van der Waals surface area contributed by atoms with Crippen molar-refractivity contribution in [3.63, 3.8) is 0 Å². The van der Waals surface area contributed by atoms with Gasteiger partial charge < -0.3 is 0 Å². The molecule has 5 rings (SSSR count). The van der Waals surface area contributed by atoms with Gasteiger partial charge in [0.15, 0.2) is 0 Å². The van der Waals surface area contributed by atoms with Crippen molar-refractivity contribution in [3.05, 3.63) is 59.0 Å². The summed E-state index contributed by atoms with van der Waals surface area (Å²) in [6, 6.07) is 15.5. The molecule has 0 unspecified atom stereocenters. The molecule has 90 valence electrons. The third-order valence-electron chi connectivity index (χ3n) is 3.99. The molecular weight excluding hydrogens is 268 g/mol. The number of hydrogen-bond donors (Lipinski definition) is 0. The summed E-state index contributed by atoms with van der Waals surface area (Å²) in [5.74, 6) is 0. The van der Waals surface area contributed by atoms with E-state index in [2.05, 4.69) is 47.8 Å². The van der Waals surface area contributed by atoms with Gasteiger partial charge in [0, 0.05) is 21.4 Å². The predicted molar refractivity (Wildman–Crippen MR) is 85.5 cm³/mol. The summed E-state index contributed by atoms with van der Waals surface area (Å²) in [6.45, 7) is 0. The molecule has 2 heterocycles. The molecule has 0 saturated heterocycles. The van der Waals surface area contributed by atoms with Gasteiger partial charge in [-0.15, -0.1) is 22.7 Å². The Bertz CT molecular complexity index is 940. The van der Waals surface area contributed by atoms with Crippen LogP contribution in [0.15, 0.2) is 47.8 Å². The Labute approximate surface area is 118 Å². The summed E-state index contributed by atoms with van der Waals surface area (Å²) >= 11 is 3.85. The molecule has 0 amide bonds. The maximum absolute atomic E-state index is 2.30. The summed E-state index contributed by atoms with van der Waals surface area (Å²) in [5.41, 5.74) is 3.02. The highest BCUT2D eigenvalue weighted by Crippen LogP contribution is 2.49. The Kier molecular flexibility index (Phi) is 1.86. The number of rotatable bonds is 0. The lowest BCUT2D eigenvalue weighted by atomic mass is 9.92. The summed E-state index contributed by atoms with van der Waals surface area (Å²) in [6.07, 6.45) is 1.08. The molecule has 0 saturated carbocycles. The monoisotopic (exact) mass is 278 g/mol. The van der Waals surface area contributed by atoms with E-state index in [9.17, 15) is 0 Å². The van der Waals surface area contributed by atoms with Crippen molar-refractivity contribution in [1.82, 2.24) is 0 Å². The van der Waals surface area contributed by atoms with Gasteiger partial charge >= 0.3 is 0 Å². The van der Waals surface area contributed by atoms with Crippen molar-refractivity contribution in [3.8, 4) is 9.75 Å². The van der Waals surface area contributed by atoms with Gasteiger partial charge in [0.2, 0.25) is 0 Å². The molecule has 1 aliphatic rings. The molecule has 1 aliphatic carbocycles. The molecule has 0 fully saturated rings. The quantitative estimate of drug-likeness (QED) is 0.341. The predicted octanol–water partition coefficient (Wildman–Crippen LogP) is 5.69. The molecule has 2 heteroatoms.